The van der Waals surface area contributed by atoms with Crippen LogP contribution in [0.25, 0.3) is 10.2 Å². The maximum absolute atomic E-state index is 4.28. The molecule has 1 nitrogen and oxygen atoms in total. The minimum absolute atomic E-state index is 1.15. The Bertz CT molecular complexity index is 390. The van der Waals surface area contributed by atoms with Gasteiger partial charge in [0.25, 0.3) is 0 Å². The Labute approximate surface area is 83.4 Å². The van der Waals surface area contributed by atoms with E-state index < -0.39 is 0 Å². The van der Waals surface area contributed by atoms with E-state index in [9.17, 15) is 0 Å². The van der Waals surface area contributed by atoms with Gasteiger partial charge in [0.1, 0.15) is 0 Å². The lowest BCUT2D eigenvalue weighted by Crippen LogP contribution is -1.77. The average molecular weight is 193 g/mol. The van der Waals surface area contributed by atoms with Crippen LogP contribution < -0.4 is 0 Å². The molecule has 1 aromatic heterocycles. The van der Waals surface area contributed by atoms with Crippen LogP contribution in [0, 0.1) is 13.8 Å². The molecule has 0 fully saturated rings. The first-order valence-electron chi connectivity index (χ1n) is 4.58. The summed E-state index contributed by atoms with van der Waals surface area (Å²) in [6, 6.07) is 4.35. The fourth-order valence-corrected chi connectivity index (χ4v) is 2.16. The predicted molar refractivity (Wildman–Crippen MR) is 60.4 cm³/mol. The molecule has 70 valence electrons. The van der Waals surface area contributed by atoms with Gasteiger partial charge in [-0.1, -0.05) is 19.9 Å². The van der Waals surface area contributed by atoms with Gasteiger partial charge in [0, 0.05) is 0 Å². The van der Waals surface area contributed by atoms with E-state index in [-0.39, 0.29) is 0 Å². The highest BCUT2D eigenvalue weighted by Gasteiger charge is 1.99. The van der Waals surface area contributed by atoms with Crippen LogP contribution >= 0.6 is 11.3 Å². The summed E-state index contributed by atoms with van der Waals surface area (Å²) in [4.78, 5) is 4.28. The third kappa shape index (κ3) is 2.07. The van der Waals surface area contributed by atoms with Gasteiger partial charge in [-0.15, -0.1) is 11.3 Å². The zero-order valence-electron chi connectivity index (χ0n) is 8.59. The Morgan fingerprint density at radius 3 is 2.54 bits per heavy atom. The second-order valence-corrected chi connectivity index (χ2v) is 3.67. The topological polar surface area (TPSA) is 12.9 Å². The summed E-state index contributed by atoms with van der Waals surface area (Å²) in [7, 11) is 0. The molecule has 1 heterocycles. The second kappa shape index (κ2) is 4.38. The van der Waals surface area contributed by atoms with E-state index in [1.165, 1.54) is 15.8 Å². The number of nitrogens with zero attached hydrogens (tertiary/aromatic N) is 1. The number of rotatable bonds is 0. The lowest BCUT2D eigenvalue weighted by Gasteiger charge is -1.95. The molecule has 0 saturated heterocycles. The standard InChI is InChI=1S/C9H9NS.C2H6/c1-6-3-7(2)9-8(4-6)11-5-10-9;1-2/h3-5H,1-2H3;1-2H3. The van der Waals surface area contributed by atoms with E-state index in [1.54, 1.807) is 11.3 Å². The summed E-state index contributed by atoms with van der Waals surface area (Å²) < 4.78 is 1.29. The van der Waals surface area contributed by atoms with Gasteiger partial charge in [0.05, 0.1) is 15.7 Å². The van der Waals surface area contributed by atoms with Crippen molar-refractivity contribution in [2.24, 2.45) is 0 Å². The average Bonchev–Trinajstić information content (AvgIpc) is 2.55. The van der Waals surface area contributed by atoms with E-state index in [2.05, 4.69) is 31.0 Å². The van der Waals surface area contributed by atoms with Gasteiger partial charge in [0.15, 0.2) is 0 Å². The third-order valence-electron chi connectivity index (χ3n) is 1.77. The second-order valence-electron chi connectivity index (χ2n) is 2.78. The maximum atomic E-state index is 4.28. The number of thiazole rings is 1. The van der Waals surface area contributed by atoms with E-state index >= 15 is 0 Å². The largest absolute Gasteiger partial charge is 0.244 e. The van der Waals surface area contributed by atoms with Crippen molar-refractivity contribution in [1.82, 2.24) is 4.98 Å². The van der Waals surface area contributed by atoms with Crippen molar-refractivity contribution in [1.29, 1.82) is 0 Å². The molecule has 0 aliphatic heterocycles. The lowest BCUT2D eigenvalue weighted by molar-refractivity contribution is 1.38. The zero-order chi connectivity index (χ0) is 9.84. The van der Waals surface area contributed by atoms with Crippen molar-refractivity contribution >= 4 is 21.6 Å². The molecule has 0 bridgehead atoms. The molecule has 0 N–H and O–H groups in total. The normalized spacial score (nSPS) is 9.54. The van der Waals surface area contributed by atoms with Gasteiger partial charge < -0.3 is 0 Å². The lowest BCUT2D eigenvalue weighted by atomic mass is 10.1. The number of hydrogen-bond acceptors (Lipinski definition) is 2. The number of benzene rings is 1. The minimum Gasteiger partial charge on any atom is -0.244 e. The molecule has 0 aliphatic rings. The molecular formula is C11H15NS. The van der Waals surface area contributed by atoms with Crippen molar-refractivity contribution in [3.63, 3.8) is 0 Å². The van der Waals surface area contributed by atoms with Crippen LogP contribution in [-0.4, -0.2) is 4.98 Å². The van der Waals surface area contributed by atoms with Crippen molar-refractivity contribution in [3.8, 4) is 0 Å². The summed E-state index contributed by atoms with van der Waals surface area (Å²) >= 11 is 1.70. The van der Waals surface area contributed by atoms with Gasteiger partial charge >= 0.3 is 0 Å². The van der Waals surface area contributed by atoms with Crippen LogP contribution in [0.2, 0.25) is 0 Å². The van der Waals surface area contributed by atoms with Crippen molar-refractivity contribution in [2.45, 2.75) is 27.7 Å². The fourth-order valence-electron chi connectivity index (χ4n) is 1.31. The van der Waals surface area contributed by atoms with Gasteiger partial charge in [-0.3, -0.25) is 0 Å². The van der Waals surface area contributed by atoms with Crippen LogP contribution in [0.4, 0.5) is 0 Å². The summed E-state index contributed by atoms with van der Waals surface area (Å²) in [5.41, 5.74) is 5.65. The van der Waals surface area contributed by atoms with E-state index in [1.807, 2.05) is 19.4 Å². The molecular weight excluding hydrogens is 178 g/mol. The molecule has 13 heavy (non-hydrogen) atoms. The summed E-state index contributed by atoms with van der Waals surface area (Å²) in [5, 5.41) is 0. The van der Waals surface area contributed by atoms with Crippen LogP contribution in [0.15, 0.2) is 17.6 Å². The zero-order valence-corrected chi connectivity index (χ0v) is 9.40. The Morgan fingerprint density at radius 1 is 1.15 bits per heavy atom. The van der Waals surface area contributed by atoms with Crippen LogP contribution in [0.5, 0.6) is 0 Å². The number of aryl methyl sites for hydroxylation is 2. The summed E-state index contributed by atoms with van der Waals surface area (Å²) in [6.45, 7) is 8.22. The molecule has 0 radical (unpaired) electrons. The van der Waals surface area contributed by atoms with Gasteiger partial charge in [0.2, 0.25) is 0 Å². The van der Waals surface area contributed by atoms with Crippen LogP contribution in [0.1, 0.15) is 25.0 Å². The van der Waals surface area contributed by atoms with Gasteiger partial charge in [-0.2, -0.15) is 0 Å². The predicted octanol–water partition coefficient (Wildman–Crippen LogP) is 3.94. The number of fused-ring (bicyclic) bond motifs is 1. The molecule has 0 aliphatic carbocycles. The van der Waals surface area contributed by atoms with Crippen LogP contribution in [-0.2, 0) is 0 Å². The Balaban J connectivity index is 0.000000396. The number of hydrogen-bond donors (Lipinski definition) is 0. The van der Waals surface area contributed by atoms with E-state index in [0.29, 0.717) is 0 Å². The number of aromatic nitrogens is 1. The molecule has 0 spiro atoms. The maximum Gasteiger partial charge on any atom is 0.0841 e. The molecule has 0 saturated carbocycles. The SMILES string of the molecule is CC.Cc1cc(C)c2ncsc2c1. The minimum atomic E-state index is 1.15. The highest BCUT2D eigenvalue weighted by atomic mass is 32.1. The third-order valence-corrected chi connectivity index (χ3v) is 2.55. The molecule has 0 amide bonds. The first kappa shape index (κ1) is 10.2. The monoisotopic (exact) mass is 193 g/mol. The molecule has 2 rings (SSSR count). The molecule has 0 unspecified atom stereocenters. The van der Waals surface area contributed by atoms with Crippen molar-refractivity contribution in [3.05, 3.63) is 28.8 Å². The van der Waals surface area contributed by atoms with Crippen molar-refractivity contribution in [2.75, 3.05) is 0 Å². The molecule has 1 aromatic carbocycles. The van der Waals surface area contributed by atoms with Gasteiger partial charge in [-0.05, 0) is 31.0 Å². The molecule has 2 aromatic rings. The first-order chi connectivity index (χ1) is 6.27. The summed E-state index contributed by atoms with van der Waals surface area (Å²) in [6.07, 6.45) is 0. The highest BCUT2D eigenvalue weighted by molar-refractivity contribution is 7.16. The Hall–Kier alpha value is -0.890. The molecule has 0 atom stereocenters. The van der Waals surface area contributed by atoms with Crippen LogP contribution in [0.3, 0.4) is 0 Å². The molecule has 2 heteroatoms. The smallest absolute Gasteiger partial charge is 0.0841 e. The fraction of sp³-hybridized carbons (Fsp3) is 0.364. The Kier molecular flexibility index (Phi) is 3.43. The summed E-state index contributed by atoms with van der Waals surface area (Å²) in [5.74, 6) is 0. The quantitative estimate of drug-likeness (QED) is 0.617. The van der Waals surface area contributed by atoms with E-state index in [0.717, 1.165) is 5.52 Å². The van der Waals surface area contributed by atoms with E-state index in [4.69, 9.17) is 0 Å². The highest BCUT2D eigenvalue weighted by Crippen LogP contribution is 2.22. The Morgan fingerprint density at radius 2 is 1.85 bits per heavy atom. The van der Waals surface area contributed by atoms with Gasteiger partial charge in [-0.25, -0.2) is 4.98 Å². The van der Waals surface area contributed by atoms with Crippen molar-refractivity contribution < 1.29 is 0 Å². The first-order valence-corrected chi connectivity index (χ1v) is 5.46.